The number of piperidine rings is 2. The Bertz CT molecular complexity index is 452. The highest BCUT2D eigenvalue weighted by Gasteiger charge is 2.58. The van der Waals surface area contributed by atoms with Crippen LogP contribution in [0.1, 0.15) is 39.0 Å². The Balaban J connectivity index is 0.00000113. The van der Waals surface area contributed by atoms with E-state index in [-0.39, 0.29) is 24.8 Å². The summed E-state index contributed by atoms with van der Waals surface area (Å²) in [5.41, 5.74) is 0.374. The molecule has 0 aromatic heterocycles. The number of rotatable bonds is 2. The molecule has 4 rings (SSSR count). The van der Waals surface area contributed by atoms with E-state index >= 15 is 0 Å². The number of carbonyl (C=O) groups excluding carboxylic acids is 1. The zero-order chi connectivity index (χ0) is 15.9. The van der Waals surface area contributed by atoms with Crippen molar-refractivity contribution in [2.24, 2.45) is 11.3 Å². The summed E-state index contributed by atoms with van der Waals surface area (Å²) in [7, 11) is 0. The lowest BCUT2D eigenvalue weighted by Gasteiger charge is -2.42. The number of likely N-dealkylation sites (tertiary alicyclic amines) is 1. The summed E-state index contributed by atoms with van der Waals surface area (Å²) >= 11 is 0. The minimum atomic E-state index is 0. The van der Waals surface area contributed by atoms with E-state index in [1.54, 1.807) is 0 Å². The molecule has 3 aliphatic heterocycles. The first-order valence-electron chi connectivity index (χ1n) is 9.53. The maximum atomic E-state index is 12.8. The number of nitrogens with one attached hydrogen (secondary N) is 1. The van der Waals surface area contributed by atoms with Gasteiger partial charge in [0.2, 0.25) is 5.91 Å². The number of amides is 1. The fraction of sp³-hybridized carbons (Fsp3) is 0.944. The molecule has 3 saturated heterocycles. The molecule has 1 aliphatic carbocycles. The number of nitrogens with zero attached hydrogens (tertiary/aromatic N) is 2. The number of hydrogen-bond acceptors (Lipinski definition) is 4. The van der Waals surface area contributed by atoms with E-state index in [0.717, 1.165) is 65.1 Å². The Morgan fingerprint density at radius 3 is 2.44 bits per heavy atom. The van der Waals surface area contributed by atoms with Crippen LogP contribution in [-0.2, 0) is 9.53 Å². The maximum Gasteiger partial charge on any atom is 0.226 e. The quantitative estimate of drug-likeness (QED) is 0.778. The van der Waals surface area contributed by atoms with Crippen molar-refractivity contribution in [2.75, 3.05) is 45.9 Å². The van der Waals surface area contributed by atoms with Gasteiger partial charge in [-0.2, -0.15) is 0 Å². The second-order valence-electron chi connectivity index (χ2n) is 8.10. The topological polar surface area (TPSA) is 44.8 Å². The third-order valence-electron chi connectivity index (χ3n) is 6.65. The SMILES string of the molecule is CC1CN(C2CCN(C(=O)C3CC34CCNCC4)CC2)CCO1.Cl.Cl. The summed E-state index contributed by atoms with van der Waals surface area (Å²) in [4.78, 5) is 17.6. The average molecular weight is 394 g/mol. The van der Waals surface area contributed by atoms with Gasteiger partial charge in [-0.25, -0.2) is 0 Å². The maximum absolute atomic E-state index is 12.8. The van der Waals surface area contributed by atoms with Crippen LogP contribution < -0.4 is 5.32 Å². The highest BCUT2D eigenvalue weighted by Crippen LogP contribution is 2.59. The number of carbonyl (C=O) groups is 1. The number of halogens is 2. The van der Waals surface area contributed by atoms with Crippen molar-refractivity contribution in [2.45, 2.75) is 51.2 Å². The van der Waals surface area contributed by atoms with Crippen molar-refractivity contribution in [3.8, 4) is 0 Å². The molecule has 0 aromatic rings. The van der Waals surface area contributed by atoms with Crippen LogP contribution in [-0.4, -0.2) is 73.7 Å². The molecule has 0 bridgehead atoms. The fourth-order valence-corrected chi connectivity index (χ4v) is 5.02. The van der Waals surface area contributed by atoms with E-state index in [2.05, 4.69) is 22.0 Å². The minimum Gasteiger partial charge on any atom is -0.376 e. The van der Waals surface area contributed by atoms with Gasteiger partial charge in [0.25, 0.3) is 0 Å². The first-order valence-corrected chi connectivity index (χ1v) is 9.53. The van der Waals surface area contributed by atoms with Crippen molar-refractivity contribution in [1.82, 2.24) is 15.1 Å². The molecule has 4 fully saturated rings. The van der Waals surface area contributed by atoms with Crippen LogP contribution in [0.2, 0.25) is 0 Å². The molecule has 1 N–H and O–H groups in total. The van der Waals surface area contributed by atoms with Crippen molar-refractivity contribution >= 4 is 30.7 Å². The van der Waals surface area contributed by atoms with Gasteiger partial charge in [0.15, 0.2) is 0 Å². The van der Waals surface area contributed by atoms with Crippen LogP contribution in [0.25, 0.3) is 0 Å². The normalized spacial score (nSPS) is 32.6. The van der Waals surface area contributed by atoms with Gasteiger partial charge in [-0.3, -0.25) is 9.69 Å². The molecule has 0 aromatic carbocycles. The van der Waals surface area contributed by atoms with E-state index in [9.17, 15) is 4.79 Å². The largest absolute Gasteiger partial charge is 0.376 e. The van der Waals surface area contributed by atoms with Crippen LogP contribution in [0, 0.1) is 11.3 Å². The van der Waals surface area contributed by atoms with Crippen LogP contribution in [0.5, 0.6) is 0 Å². The number of hydrogen-bond donors (Lipinski definition) is 1. The second-order valence-corrected chi connectivity index (χ2v) is 8.10. The standard InChI is InChI=1S/C18H31N3O2.2ClH/c1-14-13-21(10-11-23-14)15-2-8-20(9-3-15)17(22)16-12-18(16)4-6-19-7-5-18;;/h14-16,19H,2-13H2,1H3;2*1H. The van der Waals surface area contributed by atoms with Gasteiger partial charge in [0.1, 0.15) is 0 Å². The lowest BCUT2D eigenvalue weighted by Crippen LogP contribution is -2.52. The summed E-state index contributed by atoms with van der Waals surface area (Å²) in [6.07, 6.45) is 6.18. The molecule has 25 heavy (non-hydrogen) atoms. The Kier molecular flexibility index (Phi) is 7.43. The lowest BCUT2D eigenvalue weighted by molar-refractivity contribution is -0.135. The predicted molar refractivity (Wildman–Crippen MR) is 104 cm³/mol. The molecule has 2 atom stereocenters. The van der Waals surface area contributed by atoms with Crippen LogP contribution in [0.4, 0.5) is 0 Å². The summed E-state index contributed by atoms with van der Waals surface area (Å²) < 4.78 is 5.65. The van der Waals surface area contributed by atoms with Crippen molar-refractivity contribution in [1.29, 1.82) is 0 Å². The monoisotopic (exact) mass is 393 g/mol. The molecule has 146 valence electrons. The molecule has 1 spiro atoms. The first-order chi connectivity index (χ1) is 11.2. The molecule has 4 aliphatic rings. The molecular formula is C18H33Cl2N3O2. The fourth-order valence-electron chi connectivity index (χ4n) is 5.02. The highest BCUT2D eigenvalue weighted by molar-refractivity contribution is 5.85. The zero-order valence-corrected chi connectivity index (χ0v) is 16.9. The van der Waals surface area contributed by atoms with E-state index in [1.807, 2.05) is 0 Å². The minimum absolute atomic E-state index is 0. The Labute approximate surface area is 164 Å². The molecule has 7 heteroatoms. The summed E-state index contributed by atoms with van der Waals surface area (Å²) in [5, 5.41) is 3.42. The van der Waals surface area contributed by atoms with E-state index < -0.39 is 0 Å². The number of ether oxygens (including phenoxy) is 1. The molecule has 1 amide bonds. The van der Waals surface area contributed by atoms with Gasteiger partial charge < -0.3 is 15.0 Å². The Morgan fingerprint density at radius 2 is 1.80 bits per heavy atom. The average Bonchev–Trinajstić information content (AvgIpc) is 3.28. The Morgan fingerprint density at radius 1 is 1.12 bits per heavy atom. The lowest BCUT2D eigenvalue weighted by atomic mass is 9.91. The zero-order valence-electron chi connectivity index (χ0n) is 15.2. The summed E-state index contributed by atoms with van der Waals surface area (Å²) in [5.74, 6) is 0.797. The summed E-state index contributed by atoms with van der Waals surface area (Å²) in [6, 6.07) is 0.650. The molecule has 1 saturated carbocycles. The Hall–Kier alpha value is -0.0700. The van der Waals surface area contributed by atoms with Crippen molar-refractivity contribution in [3.63, 3.8) is 0 Å². The smallest absolute Gasteiger partial charge is 0.226 e. The van der Waals surface area contributed by atoms with Gasteiger partial charge in [0.05, 0.1) is 12.7 Å². The van der Waals surface area contributed by atoms with Gasteiger partial charge in [-0.15, -0.1) is 24.8 Å². The van der Waals surface area contributed by atoms with E-state index in [4.69, 9.17) is 4.74 Å². The third kappa shape index (κ3) is 4.44. The van der Waals surface area contributed by atoms with Crippen molar-refractivity contribution < 1.29 is 9.53 Å². The first kappa shape index (κ1) is 21.2. The van der Waals surface area contributed by atoms with Crippen LogP contribution >= 0.6 is 24.8 Å². The molecule has 2 unspecified atom stereocenters. The molecule has 3 heterocycles. The molecule has 0 radical (unpaired) electrons. The van der Waals surface area contributed by atoms with Crippen LogP contribution in [0.3, 0.4) is 0 Å². The molecular weight excluding hydrogens is 361 g/mol. The van der Waals surface area contributed by atoms with Gasteiger partial charge >= 0.3 is 0 Å². The van der Waals surface area contributed by atoms with Crippen molar-refractivity contribution in [3.05, 3.63) is 0 Å². The number of morpholine rings is 1. The van der Waals surface area contributed by atoms with Gasteiger partial charge in [0, 0.05) is 38.1 Å². The molecule has 5 nitrogen and oxygen atoms in total. The second kappa shape index (κ2) is 8.75. The van der Waals surface area contributed by atoms with Gasteiger partial charge in [-0.1, -0.05) is 0 Å². The van der Waals surface area contributed by atoms with E-state index in [0.29, 0.717) is 29.4 Å². The predicted octanol–water partition coefficient (Wildman–Crippen LogP) is 1.93. The highest BCUT2D eigenvalue weighted by atomic mass is 35.5. The van der Waals surface area contributed by atoms with Crippen LogP contribution in [0.15, 0.2) is 0 Å². The van der Waals surface area contributed by atoms with E-state index in [1.165, 1.54) is 12.8 Å². The summed E-state index contributed by atoms with van der Waals surface area (Å²) in [6.45, 7) is 9.25. The third-order valence-corrected chi connectivity index (χ3v) is 6.65. The van der Waals surface area contributed by atoms with Gasteiger partial charge in [-0.05, 0) is 57.5 Å².